The van der Waals surface area contributed by atoms with E-state index in [0.29, 0.717) is 30.2 Å². The maximum absolute atomic E-state index is 15.8. The summed E-state index contributed by atoms with van der Waals surface area (Å²) >= 11 is 6.17. The number of benzene rings is 3. The van der Waals surface area contributed by atoms with Crippen molar-refractivity contribution in [2.45, 2.75) is 53.1 Å². The van der Waals surface area contributed by atoms with Gasteiger partial charge < -0.3 is 11.1 Å². The zero-order valence-corrected chi connectivity index (χ0v) is 23.6. The zero-order valence-electron chi connectivity index (χ0n) is 22.8. The number of nitrogens with zero attached hydrogens (tertiary/aromatic N) is 3. The van der Waals surface area contributed by atoms with Crippen molar-refractivity contribution < 1.29 is 13.6 Å². The number of para-hydroxylation sites is 1. The number of carbonyl (C=O) groups excluding carboxylic acids is 1. The van der Waals surface area contributed by atoms with Crippen molar-refractivity contribution in [3.8, 4) is 16.9 Å². The molecule has 0 atom stereocenters. The van der Waals surface area contributed by atoms with E-state index in [4.69, 9.17) is 22.4 Å². The van der Waals surface area contributed by atoms with Crippen LogP contribution >= 0.6 is 11.6 Å². The molecule has 3 aromatic carbocycles. The molecule has 1 aromatic heterocycles. The number of halogens is 3. The summed E-state index contributed by atoms with van der Waals surface area (Å²) in [6.45, 7) is 8.17. The Morgan fingerprint density at radius 2 is 1.77 bits per heavy atom. The molecule has 2 heterocycles. The van der Waals surface area contributed by atoms with Gasteiger partial charge in [0, 0.05) is 48.3 Å². The molecule has 5 rings (SSSR count). The lowest BCUT2D eigenvalue weighted by atomic mass is 9.98. The number of rotatable bonds is 7. The Morgan fingerprint density at radius 3 is 2.42 bits per heavy atom. The fourth-order valence-corrected chi connectivity index (χ4v) is 5.75. The third-order valence-electron chi connectivity index (χ3n) is 7.56. The van der Waals surface area contributed by atoms with Crippen LogP contribution in [0.5, 0.6) is 0 Å². The zero-order chi connectivity index (χ0) is 28.6. The second-order valence-electron chi connectivity index (χ2n) is 10.2. The van der Waals surface area contributed by atoms with Crippen LogP contribution in [0.2, 0.25) is 5.02 Å². The number of hydrogen-bond acceptors (Lipinski definition) is 3. The number of aromatic nitrogens is 2. The summed E-state index contributed by atoms with van der Waals surface area (Å²) in [5, 5.41) is 7.87. The Bertz CT molecular complexity index is 1580. The van der Waals surface area contributed by atoms with Crippen LogP contribution in [0.1, 0.15) is 47.4 Å². The molecule has 2 amide bonds. The van der Waals surface area contributed by atoms with Gasteiger partial charge in [0.25, 0.3) is 0 Å². The van der Waals surface area contributed by atoms with Gasteiger partial charge in [0.1, 0.15) is 11.6 Å². The number of nitrogens with two attached hydrogens (primary N) is 1. The highest BCUT2D eigenvalue weighted by molar-refractivity contribution is 6.30. The average Bonchev–Trinajstić information content (AvgIpc) is 3.29. The van der Waals surface area contributed by atoms with Gasteiger partial charge in [0.2, 0.25) is 0 Å². The molecule has 0 spiro atoms. The van der Waals surface area contributed by atoms with Crippen LogP contribution in [-0.4, -0.2) is 27.3 Å². The summed E-state index contributed by atoms with van der Waals surface area (Å²) in [5.74, 6) is -1.45. The molecule has 4 aromatic rings. The molecular weight excluding hydrogens is 532 g/mol. The van der Waals surface area contributed by atoms with Gasteiger partial charge >= 0.3 is 6.03 Å². The highest BCUT2D eigenvalue weighted by Gasteiger charge is 2.30. The van der Waals surface area contributed by atoms with Gasteiger partial charge in [-0.15, -0.1) is 0 Å². The third-order valence-corrected chi connectivity index (χ3v) is 7.79. The maximum atomic E-state index is 15.8. The molecule has 1 aliphatic rings. The Kier molecular flexibility index (Phi) is 7.92. The van der Waals surface area contributed by atoms with Crippen LogP contribution in [-0.2, 0) is 32.4 Å². The number of amides is 2. The summed E-state index contributed by atoms with van der Waals surface area (Å²) in [6, 6.07) is 13.1. The van der Waals surface area contributed by atoms with E-state index in [0.717, 1.165) is 70.7 Å². The summed E-state index contributed by atoms with van der Waals surface area (Å²) in [6.07, 6.45) is 2.18. The Labute approximate surface area is 237 Å². The summed E-state index contributed by atoms with van der Waals surface area (Å²) in [7, 11) is 0. The van der Waals surface area contributed by atoms with E-state index in [-0.39, 0.29) is 11.3 Å². The molecule has 1 aliphatic heterocycles. The second-order valence-corrected chi connectivity index (χ2v) is 10.6. The van der Waals surface area contributed by atoms with Gasteiger partial charge in [-0.2, -0.15) is 5.10 Å². The predicted molar refractivity (Wildman–Crippen MR) is 155 cm³/mol. The van der Waals surface area contributed by atoms with Gasteiger partial charge in [-0.1, -0.05) is 49.7 Å². The topological polar surface area (TPSA) is 76.2 Å². The predicted octanol–water partition coefficient (Wildman–Crippen LogP) is 6.95. The minimum Gasteiger partial charge on any atom is -0.351 e. The summed E-state index contributed by atoms with van der Waals surface area (Å²) in [5.41, 5.74) is 12.5. The van der Waals surface area contributed by atoms with E-state index in [1.54, 1.807) is 4.68 Å². The fourth-order valence-electron chi connectivity index (χ4n) is 5.52. The van der Waals surface area contributed by atoms with E-state index < -0.39 is 17.7 Å². The lowest BCUT2D eigenvalue weighted by Gasteiger charge is -2.27. The van der Waals surface area contributed by atoms with Crippen molar-refractivity contribution in [1.29, 1.82) is 0 Å². The number of carbonyl (C=O) groups is 1. The summed E-state index contributed by atoms with van der Waals surface area (Å²) in [4.78, 5) is 13.6. The monoisotopic (exact) mass is 563 g/mol. The Balaban J connectivity index is 1.68. The maximum Gasteiger partial charge on any atom is 0.316 e. The average molecular weight is 564 g/mol. The van der Waals surface area contributed by atoms with E-state index in [2.05, 4.69) is 24.1 Å². The minimum atomic E-state index is -0.967. The molecule has 0 aliphatic carbocycles. The molecule has 3 N–H and O–H groups in total. The van der Waals surface area contributed by atoms with Crippen LogP contribution in [0.25, 0.3) is 16.9 Å². The van der Waals surface area contributed by atoms with Crippen molar-refractivity contribution in [3.05, 3.63) is 98.7 Å². The molecule has 9 heteroatoms. The molecule has 208 valence electrons. The number of anilines is 1. The molecule has 0 unspecified atom stereocenters. The summed E-state index contributed by atoms with van der Waals surface area (Å²) < 4.78 is 32.8. The number of hydrogen-bond donors (Lipinski definition) is 2. The SMILES string of the molecule is CCc1cccc(CC)c1-n1nc2c(c1-c1cc(F)c(NC(N)=O)cc1F)CN(Cc1ccc(Cl)cc1C)CC2. The fraction of sp³-hybridized carbons (Fsp3) is 0.290. The van der Waals surface area contributed by atoms with Crippen LogP contribution in [0.4, 0.5) is 19.3 Å². The van der Waals surface area contributed by atoms with E-state index >= 15 is 8.78 Å². The van der Waals surface area contributed by atoms with Gasteiger partial charge in [0.05, 0.1) is 22.8 Å². The van der Waals surface area contributed by atoms with Crippen molar-refractivity contribution >= 4 is 23.3 Å². The number of urea groups is 1. The molecular formula is C31H32ClF2N5O. The van der Waals surface area contributed by atoms with Crippen LogP contribution in [0.3, 0.4) is 0 Å². The first-order valence-electron chi connectivity index (χ1n) is 13.4. The largest absolute Gasteiger partial charge is 0.351 e. The van der Waals surface area contributed by atoms with Gasteiger partial charge in [-0.05, 0) is 60.2 Å². The lowest BCUT2D eigenvalue weighted by Crippen LogP contribution is -2.30. The third kappa shape index (κ3) is 5.33. The molecule has 0 saturated heterocycles. The highest BCUT2D eigenvalue weighted by atomic mass is 35.5. The molecule has 6 nitrogen and oxygen atoms in total. The van der Waals surface area contributed by atoms with E-state index in [1.165, 1.54) is 0 Å². The number of nitrogens with one attached hydrogen (secondary N) is 1. The second kappa shape index (κ2) is 11.4. The number of primary amides is 1. The molecule has 0 radical (unpaired) electrons. The number of fused-ring (bicyclic) bond motifs is 1. The van der Waals surface area contributed by atoms with Crippen molar-refractivity contribution in [1.82, 2.24) is 14.7 Å². The van der Waals surface area contributed by atoms with Crippen LogP contribution < -0.4 is 11.1 Å². The standard InChI is InChI=1S/C31H32ClF2N5O/c1-4-19-7-6-8-20(5-2)29(19)39-30(23-14-26(34)28(15-25(23)33)36-31(35)40)24-17-38(12-11-27(24)37-39)16-21-9-10-22(32)13-18(21)3/h6-10,13-15H,4-5,11-12,16-17H2,1-3H3,(H3,35,36,40). The quantitative estimate of drug-likeness (QED) is 0.255. The normalized spacial score (nSPS) is 13.3. The first kappa shape index (κ1) is 27.8. The molecule has 40 heavy (non-hydrogen) atoms. The van der Waals surface area contributed by atoms with Crippen molar-refractivity contribution in [2.75, 3.05) is 11.9 Å². The highest BCUT2D eigenvalue weighted by Crippen LogP contribution is 2.38. The van der Waals surface area contributed by atoms with Crippen LogP contribution in [0.15, 0.2) is 48.5 Å². The smallest absolute Gasteiger partial charge is 0.316 e. The lowest BCUT2D eigenvalue weighted by molar-refractivity contribution is 0.244. The first-order valence-corrected chi connectivity index (χ1v) is 13.8. The Morgan fingerprint density at radius 1 is 1.05 bits per heavy atom. The first-order chi connectivity index (χ1) is 19.2. The van der Waals surface area contributed by atoms with Crippen molar-refractivity contribution in [3.63, 3.8) is 0 Å². The van der Waals surface area contributed by atoms with E-state index in [1.807, 2.05) is 43.3 Å². The molecule has 0 fully saturated rings. The molecule has 0 bridgehead atoms. The van der Waals surface area contributed by atoms with Gasteiger partial charge in [-0.25, -0.2) is 18.3 Å². The van der Waals surface area contributed by atoms with Crippen molar-refractivity contribution in [2.24, 2.45) is 5.73 Å². The van der Waals surface area contributed by atoms with Gasteiger partial charge in [-0.3, -0.25) is 4.90 Å². The molecule has 0 saturated carbocycles. The van der Waals surface area contributed by atoms with Gasteiger partial charge in [0.15, 0.2) is 0 Å². The minimum absolute atomic E-state index is 0.0822. The number of aryl methyl sites for hydroxylation is 3. The van der Waals surface area contributed by atoms with E-state index in [9.17, 15) is 4.79 Å². The Hall–Kier alpha value is -3.75. The van der Waals surface area contributed by atoms with Crippen LogP contribution in [0, 0.1) is 18.6 Å².